The van der Waals surface area contributed by atoms with Crippen molar-refractivity contribution in [1.82, 2.24) is 19.4 Å². The molecule has 7 heteroatoms. The number of piperidine rings is 2. The van der Waals surface area contributed by atoms with Crippen molar-refractivity contribution in [2.24, 2.45) is 5.41 Å². The Kier molecular flexibility index (Phi) is 6.27. The third-order valence-corrected chi connectivity index (χ3v) is 6.47. The summed E-state index contributed by atoms with van der Waals surface area (Å²) < 4.78 is 4.01. The van der Waals surface area contributed by atoms with Crippen LogP contribution in [0.15, 0.2) is 0 Å². The van der Waals surface area contributed by atoms with Crippen molar-refractivity contribution < 1.29 is 9.59 Å². The molecular weight excluding hydrogens is 348 g/mol. The van der Waals surface area contributed by atoms with Crippen LogP contribution < -0.4 is 0 Å². The minimum Gasteiger partial charge on any atom is -0.342 e. The Morgan fingerprint density at radius 3 is 2.85 bits per heavy atom. The van der Waals surface area contributed by atoms with Crippen LogP contribution in [0, 0.1) is 5.41 Å². The first-order chi connectivity index (χ1) is 12.6. The van der Waals surface area contributed by atoms with Crippen molar-refractivity contribution in [2.45, 2.75) is 65.2 Å². The number of carbonyl (C=O) groups excluding carboxylic acids is 2. The standard InChI is InChI=1S/C19H30N4O2S/c1-3-5-11-22-13-19(10-8-16(22)24)9-6-12-23(14-19)18(25)17-15(7-4-2)20-21-26-17/h3-14H2,1-2H3. The summed E-state index contributed by atoms with van der Waals surface area (Å²) in [7, 11) is 0. The van der Waals surface area contributed by atoms with Gasteiger partial charge in [0, 0.05) is 38.0 Å². The molecule has 0 radical (unpaired) electrons. The lowest BCUT2D eigenvalue weighted by Gasteiger charge is -2.48. The van der Waals surface area contributed by atoms with Gasteiger partial charge in [0.15, 0.2) is 0 Å². The number of aryl methyl sites for hydroxylation is 1. The zero-order valence-corrected chi connectivity index (χ0v) is 16.8. The molecule has 1 aromatic rings. The van der Waals surface area contributed by atoms with Crippen LogP contribution >= 0.6 is 11.5 Å². The van der Waals surface area contributed by atoms with Crippen molar-refractivity contribution in [3.05, 3.63) is 10.6 Å². The molecular formula is C19H30N4O2S. The number of likely N-dealkylation sites (tertiary alicyclic amines) is 2. The molecule has 2 aliphatic rings. The van der Waals surface area contributed by atoms with Gasteiger partial charge in [-0.3, -0.25) is 9.59 Å². The van der Waals surface area contributed by atoms with Gasteiger partial charge in [0.1, 0.15) is 4.88 Å². The minimum absolute atomic E-state index is 0.0681. The van der Waals surface area contributed by atoms with E-state index in [1.165, 1.54) is 11.5 Å². The number of aromatic nitrogens is 2. The van der Waals surface area contributed by atoms with Gasteiger partial charge >= 0.3 is 0 Å². The van der Waals surface area contributed by atoms with Crippen LogP contribution in [-0.2, 0) is 11.2 Å². The Balaban J connectivity index is 1.71. The lowest BCUT2D eigenvalue weighted by Crippen LogP contribution is -2.55. The fourth-order valence-electron chi connectivity index (χ4n) is 4.28. The SMILES string of the molecule is CCCCN1CC2(CCCN(C(=O)c3snnc3CCC)C2)CCC1=O. The molecule has 2 saturated heterocycles. The van der Waals surface area contributed by atoms with Crippen LogP contribution in [0.3, 0.4) is 0 Å². The monoisotopic (exact) mass is 378 g/mol. The molecule has 1 spiro atoms. The van der Waals surface area contributed by atoms with E-state index in [-0.39, 0.29) is 17.2 Å². The fourth-order valence-corrected chi connectivity index (χ4v) is 4.96. The topological polar surface area (TPSA) is 66.4 Å². The van der Waals surface area contributed by atoms with E-state index >= 15 is 0 Å². The number of hydrogen-bond donors (Lipinski definition) is 0. The second-order valence-electron chi connectivity index (χ2n) is 7.80. The maximum atomic E-state index is 13.1. The highest BCUT2D eigenvalue weighted by Gasteiger charge is 2.43. The number of hydrogen-bond acceptors (Lipinski definition) is 5. The molecule has 2 amide bonds. The zero-order valence-electron chi connectivity index (χ0n) is 16.0. The molecule has 2 aliphatic heterocycles. The molecule has 3 rings (SSSR count). The van der Waals surface area contributed by atoms with Gasteiger partial charge in [-0.25, -0.2) is 0 Å². The summed E-state index contributed by atoms with van der Waals surface area (Å²) >= 11 is 1.22. The van der Waals surface area contributed by atoms with Crippen LogP contribution in [0.4, 0.5) is 0 Å². The van der Waals surface area contributed by atoms with Crippen molar-refractivity contribution >= 4 is 23.3 Å². The van der Waals surface area contributed by atoms with E-state index < -0.39 is 0 Å². The van der Waals surface area contributed by atoms with Crippen LogP contribution in [0.25, 0.3) is 0 Å². The van der Waals surface area contributed by atoms with E-state index in [4.69, 9.17) is 0 Å². The number of nitrogens with zero attached hydrogens (tertiary/aromatic N) is 4. The molecule has 0 saturated carbocycles. The molecule has 2 fully saturated rings. The third-order valence-electron chi connectivity index (χ3n) is 5.72. The van der Waals surface area contributed by atoms with Gasteiger partial charge in [0.25, 0.3) is 5.91 Å². The van der Waals surface area contributed by atoms with Crippen molar-refractivity contribution in [3.63, 3.8) is 0 Å². The fraction of sp³-hybridized carbons (Fsp3) is 0.789. The summed E-state index contributed by atoms with van der Waals surface area (Å²) in [5.41, 5.74) is 0.906. The summed E-state index contributed by atoms with van der Waals surface area (Å²) in [6, 6.07) is 0. The van der Waals surface area contributed by atoms with E-state index in [9.17, 15) is 9.59 Å². The van der Waals surface area contributed by atoms with Gasteiger partial charge in [-0.1, -0.05) is 31.2 Å². The molecule has 1 atom stereocenters. The van der Waals surface area contributed by atoms with E-state index in [2.05, 4.69) is 23.4 Å². The zero-order chi connectivity index (χ0) is 18.6. The lowest BCUT2D eigenvalue weighted by molar-refractivity contribution is -0.139. The Morgan fingerprint density at radius 2 is 2.08 bits per heavy atom. The molecule has 0 aliphatic carbocycles. The summed E-state index contributed by atoms with van der Waals surface area (Å²) in [4.78, 5) is 30.1. The highest BCUT2D eigenvalue weighted by molar-refractivity contribution is 7.08. The Labute approximate surface area is 160 Å². The Bertz CT molecular complexity index is 647. The smallest absolute Gasteiger partial charge is 0.267 e. The summed E-state index contributed by atoms with van der Waals surface area (Å²) in [5, 5.41) is 4.15. The molecule has 0 bridgehead atoms. The van der Waals surface area contributed by atoms with Gasteiger partial charge in [0.2, 0.25) is 5.91 Å². The van der Waals surface area contributed by atoms with Gasteiger partial charge in [-0.2, -0.15) is 0 Å². The number of carbonyl (C=O) groups is 2. The van der Waals surface area contributed by atoms with Crippen molar-refractivity contribution in [3.8, 4) is 0 Å². The van der Waals surface area contributed by atoms with Crippen LogP contribution in [0.1, 0.15) is 74.2 Å². The van der Waals surface area contributed by atoms with Gasteiger partial charge in [-0.15, -0.1) is 5.10 Å². The molecule has 144 valence electrons. The summed E-state index contributed by atoms with van der Waals surface area (Å²) in [6.07, 6.45) is 7.56. The highest BCUT2D eigenvalue weighted by Crippen LogP contribution is 2.39. The number of unbranched alkanes of at least 4 members (excludes halogenated alkanes) is 1. The first-order valence-corrected chi connectivity index (χ1v) is 10.7. The second kappa shape index (κ2) is 8.46. The van der Waals surface area contributed by atoms with Crippen LogP contribution in [-0.4, -0.2) is 57.4 Å². The number of amides is 2. The molecule has 26 heavy (non-hydrogen) atoms. The van der Waals surface area contributed by atoms with E-state index in [0.29, 0.717) is 11.3 Å². The van der Waals surface area contributed by atoms with E-state index in [1.807, 2.05) is 9.80 Å². The number of rotatable bonds is 6. The largest absolute Gasteiger partial charge is 0.342 e. The van der Waals surface area contributed by atoms with Gasteiger partial charge in [-0.05, 0) is 43.6 Å². The van der Waals surface area contributed by atoms with Gasteiger partial charge < -0.3 is 9.80 Å². The van der Waals surface area contributed by atoms with E-state index in [1.54, 1.807) is 0 Å². The maximum Gasteiger partial charge on any atom is 0.267 e. The van der Waals surface area contributed by atoms with Gasteiger partial charge in [0.05, 0.1) is 5.69 Å². The summed E-state index contributed by atoms with van der Waals surface area (Å²) in [5.74, 6) is 0.365. The van der Waals surface area contributed by atoms with Crippen LogP contribution in [0.2, 0.25) is 0 Å². The normalized spacial score (nSPS) is 23.7. The quantitative estimate of drug-likeness (QED) is 0.763. The highest BCUT2D eigenvalue weighted by atomic mass is 32.1. The molecule has 1 unspecified atom stereocenters. The van der Waals surface area contributed by atoms with Crippen LogP contribution in [0.5, 0.6) is 0 Å². The first kappa shape index (κ1) is 19.3. The predicted octanol–water partition coefficient (Wildman–Crippen LogP) is 3.14. The second-order valence-corrected chi connectivity index (χ2v) is 8.55. The lowest BCUT2D eigenvalue weighted by atomic mass is 9.73. The molecule has 0 N–H and O–H groups in total. The Morgan fingerprint density at radius 1 is 1.23 bits per heavy atom. The van der Waals surface area contributed by atoms with Crippen molar-refractivity contribution in [1.29, 1.82) is 0 Å². The summed E-state index contributed by atoms with van der Waals surface area (Å²) in [6.45, 7) is 7.45. The van der Waals surface area contributed by atoms with E-state index in [0.717, 1.165) is 76.8 Å². The predicted molar refractivity (Wildman–Crippen MR) is 102 cm³/mol. The average molecular weight is 379 g/mol. The minimum atomic E-state index is 0.0681. The van der Waals surface area contributed by atoms with Crippen molar-refractivity contribution in [2.75, 3.05) is 26.2 Å². The Hall–Kier alpha value is -1.50. The molecule has 6 nitrogen and oxygen atoms in total. The molecule has 0 aromatic carbocycles. The molecule has 1 aromatic heterocycles. The third kappa shape index (κ3) is 4.08. The average Bonchev–Trinajstić information content (AvgIpc) is 3.11. The first-order valence-electron chi connectivity index (χ1n) is 9.97. The maximum absolute atomic E-state index is 13.1. The molecule has 3 heterocycles.